The quantitative estimate of drug-likeness (QED) is 0.222. The highest BCUT2D eigenvalue weighted by Crippen LogP contribution is 2.14. The van der Waals surface area contributed by atoms with E-state index in [1.165, 1.54) is 89.9 Å². The number of hydrogen-bond acceptors (Lipinski definition) is 4. The van der Waals surface area contributed by atoms with Crippen LogP contribution in [-0.4, -0.2) is 30.0 Å². The van der Waals surface area contributed by atoms with Gasteiger partial charge in [0.2, 0.25) is 0 Å². The molecule has 0 aliphatic rings. The second-order valence-corrected chi connectivity index (χ2v) is 8.52. The number of rotatable bonds is 19. The maximum absolute atomic E-state index is 8.68. The lowest BCUT2D eigenvalue weighted by atomic mass is 10.0. The van der Waals surface area contributed by atoms with E-state index in [4.69, 9.17) is 14.4 Å². The molecule has 0 unspecified atom stereocenters. The van der Waals surface area contributed by atoms with Crippen molar-refractivity contribution < 1.29 is 18.8 Å². The molecule has 4 nitrogen and oxygen atoms in total. The largest absolute Gasteiger partial charge is 0.671 e. The molecule has 0 aromatic rings. The summed E-state index contributed by atoms with van der Waals surface area (Å²) in [5.41, 5.74) is 0. The summed E-state index contributed by atoms with van der Waals surface area (Å²) in [6, 6.07) is 0. The van der Waals surface area contributed by atoms with Gasteiger partial charge in [-0.1, -0.05) is 110 Å². The smallest absolute Gasteiger partial charge is 0.368 e. The lowest BCUT2D eigenvalue weighted by molar-refractivity contribution is 0.0618. The molecule has 3 N–H and O–H groups in total. The van der Waals surface area contributed by atoms with E-state index >= 15 is 0 Å². The van der Waals surface area contributed by atoms with Crippen molar-refractivity contribution in [2.45, 2.75) is 116 Å². The summed E-state index contributed by atoms with van der Waals surface area (Å²) in [5, 5.41) is 0. The summed E-state index contributed by atoms with van der Waals surface area (Å²) in [6.45, 7) is 2.52. The highest BCUT2D eigenvalue weighted by molar-refractivity contribution is 6.48. The lowest BCUT2D eigenvalue weighted by Crippen LogP contribution is -2.39. The minimum atomic E-state index is -4.27. The number of hydrogen-bond donors (Lipinski definition) is 3. The molecule has 0 aliphatic carbocycles. The van der Waals surface area contributed by atoms with Gasteiger partial charge in [0.05, 0.1) is 0 Å². The van der Waals surface area contributed by atoms with Crippen LogP contribution in [0, 0.1) is 0 Å². The molecular formula is C19H42O4Si. The minimum Gasteiger partial charge on any atom is -0.368 e. The molecule has 0 atom stereocenters. The van der Waals surface area contributed by atoms with Crippen molar-refractivity contribution in [2.24, 2.45) is 0 Å². The van der Waals surface area contributed by atoms with Crippen molar-refractivity contribution in [1.29, 1.82) is 0 Å². The highest BCUT2D eigenvalue weighted by atomic mass is 28.4. The van der Waals surface area contributed by atoms with Crippen LogP contribution in [0.3, 0.4) is 0 Å². The summed E-state index contributed by atoms with van der Waals surface area (Å²) in [6.07, 6.45) is 22.3. The molecule has 0 heterocycles. The molecule has 0 aliphatic heterocycles. The Kier molecular flexibility index (Phi) is 17.9. The van der Waals surface area contributed by atoms with Gasteiger partial charge < -0.3 is 18.8 Å². The minimum absolute atomic E-state index is 0.244. The van der Waals surface area contributed by atoms with Crippen LogP contribution in [0.2, 0.25) is 0 Å². The zero-order valence-electron chi connectivity index (χ0n) is 16.0. The molecule has 0 aromatic carbocycles. The first-order valence-corrected chi connectivity index (χ1v) is 12.1. The molecule has 0 rings (SSSR count). The molecule has 146 valence electrons. The fourth-order valence-corrected chi connectivity index (χ4v) is 3.45. The zero-order valence-corrected chi connectivity index (χ0v) is 17.0. The van der Waals surface area contributed by atoms with Gasteiger partial charge in [-0.3, -0.25) is 0 Å². The third-order valence-electron chi connectivity index (χ3n) is 4.54. The van der Waals surface area contributed by atoms with E-state index in [1.807, 2.05) is 0 Å². The zero-order chi connectivity index (χ0) is 17.9. The Morgan fingerprint density at radius 2 is 0.792 bits per heavy atom. The van der Waals surface area contributed by atoms with E-state index < -0.39 is 9.05 Å². The third-order valence-corrected chi connectivity index (χ3v) is 5.14. The van der Waals surface area contributed by atoms with Crippen LogP contribution < -0.4 is 0 Å². The van der Waals surface area contributed by atoms with Crippen molar-refractivity contribution in [2.75, 3.05) is 6.61 Å². The van der Waals surface area contributed by atoms with Crippen LogP contribution in [0.5, 0.6) is 0 Å². The van der Waals surface area contributed by atoms with Crippen molar-refractivity contribution >= 4 is 9.05 Å². The van der Waals surface area contributed by atoms with E-state index in [0.717, 1.165) is 19.3 Å². The fraction of sp³-hybridized carbons (Fsp3) is 1.00. The molecule has 0 amide bonds. The Bertz CT molecular complexity index is 244. The van der Waals surface area contributed by atoms with Crippen molar-refractivity contribution in [3.05, 3.63) is 0 Å². The topological polar surface area (TPSA) is 69.9 Å². The molecule has 0 bridgehead atoms. The number of unbranched alkanes of at least 4 members (excludes halogenated alkanes) is 16. The molecular weight excluding hydrogens is 320 g/mol. The Hall–Kier alpha value is 0.0569. The Morgan fingerprint density at radius 3 is 1.08 bits per heavy atom. The second-order valence-electron chi connectivity index (χ2n) is 7.08. The summed E-state index contributed by atoms with van der Waals surface area (Å²) < 4.78 is 4.56. The fourth-order valence-electron chi connectivity index (χ4n) is 3.04. The summed E-state index contributed by atoms with van der Waals surface area (Å²) in [4.78, 5) is 26.0. The first kappa shape index (κ1) is 24.1. The second kappa shape index (κ2) is 17.9. The monoisotopic (exact) mass is 362 g/mol. The van der Waals surface area contributed by atoms with Crippen LogP contribution in [0.15, 0.2) is 0 Å². The van der Waals surface area contributed by atoms with Gasteiger partial charge in [0.15, 0.2) is 0 Å². The predicted molar refractivity (Wildman–Crippen MR) is 103 cm³/mol. The van der Waals surface area contributed by atoms with Gasteiger partial charge in [-0.2, -0.15) is 0 Å². The van der Waals surface area contributed by atoms with Gasteiger partial charge in [-0.25, -0.2) is 0 Å². The van der Waals surface area contributed by atoms with Gasteiger partial charge >= 0.3 is 9.05 Å². The highest BCUT2D eigenvalue weighted by Gasteiger charge is 2.29. The molecule has 0 aromatic heterocycles. The SMILES string of the molecule is CCCCCCCCCCCCCCCCCCCO[Si](O)(O)O. The maximum Gasteiger partial charge on any atom is 0.671 e. The van der Waals surface area contributed by atoms with E-state index in [9.17, 15) is 0 Å². The average molecular weight is 363 g/mol. The molecule has 0 spiro atoms. The Morgan fingerprint density at radius 1 is 0.500 bits per heavy atom. The van der Waals surface area contributed by atoms with Crippen LogP contribution in [-0.2, 0) is 4.43 Å². The van der Waals surface area contributed by atoms with E-state index in [2.05, 4.69) is 11.3 Å². The molecule has 0 fully saturated rings. The lowest BCUT2D eigenvalue weighted by Gasteiger charge is -2.09. The summed E-state index contributed by atoms with van der Waals surface area (Å²) in [5.74, 6) is 0. The van der Waals surface area contributed by atoms with Crippen molar-refractivity contribution in [3.63, 3.8) is 0 Å². The molecule has 0 saturated heterocycles. The van der Waals surface area contributed by atoms with Crippen LogP contribution in [0.25, 0.3) is 0 Å². The van der Waals surface area contributed by atoms with Crippen LogP contribution in [0.4, 0.5) is 0 Å². The van der Waals surface area contributed by atoms with Gasteiger partial charge in [-0.15, -0.1) is 0 Å². The standard InChI is InChI=1S/C19H42O4Si/c1-2-3-4-5-6-7-8-9-10-11-12-13-14-15-16-17-18-19-23-24(20,21)22/h20-22H,2-19H2,1H3. The summed E-state index contributed by atoms with van der Waals surface area (Å²) >= 11 is 0. The molecule has 0 radical (unpaired) electrons. The van der Waals surface area contributed by atoms with E-state index in [1.54, 1.807) is 0 Å². The van der Waals surface area contributed by atoms with Gasteiger partial charge in [0.1, 0.15) is 0 Å². The Labute approximate surface area is 151 Å². The van der Waals surface area contributed by atoms with Gasteiger partial charge in [0, 0.05) is 6.61 Å². The van der Waals surface area contributed by atoms with Gasteiger partial charge in [-0.05, 0) is 6.42 Å². The van der Waals surface area contributed by atoms with E-state index in [0.29, 0.717) is 0 Å². The van der Waals surface area contributed by atoms with E-state index in [-0.39, 0.29) is 6.61 Å². The third kappa shape index (κ3) is 22.1. The predicted octanol–water partition coefficient (Wildman–Crippen LogP) is 5.07. The normalized spacial score (nSPS) is 12.0. The first-order valence-electron chi connectivity index (χ1n) is 10.4. The molecule has 0 saturated carbocycles. The first-order chi connectivity index (χ1) is 11.6. The Balaban J connectivity index is 3.00. The maximum atomic E-state index is 8.68. The average Bonchev–Trinajstić information content (AvgIpc) is 2.52. The molecule has 24 heavy (non-hydrogen) atoms. The van der Waals surface area contributed by atoms with Crippen molar-refractivity contribution in [1.82, 2.24) is 0 Å². The van der Waals surface area contributed by atoms with Crippen LogP contribution in [0.1, 0.15) is 116 Å². The van der Waals surface area contributed by atoms with Crippen LogP contribution >= 0.6 is 0 Å². The van der Waals surface area contributed by atoms with Crippen molar-refractivity contribution in [3.8, 4) is 0 Å². The molecule has 5 heteroatoms. The van der Waals surface area contributed by atoms with Gasteiger partial charge in [0.25, 0.3) is 0 Å². The summed E-state index contributed by atoms with van der Waals surface area (Å²) in [7, 11) is -4.27.